The number of aliphatic hydroxyl groups excluding tert-OH is 1. The fourth-order valence-corrected chi connectivity index (χ4v) is 2.81. The Labute approximate surface area is 147 Å². The molecule has 2 N–H and O–H groups in total. The molecular weight excluding hydrogens is 318 g/mol. The highest BCUT2D eigenvalue weighted by Crippen LogP contribution is 2.32. The lowest BCUT2D eigenvalue weighted by molar-refractivity contribution is 0.113. The molecule has 0 spiro atoms. The molecule has 25 heavy (non-hydrogen) atoms. The fraction of sp³-hybridized carbons (Fsp3) is 0.500. The molecule has 7 heteroatoms. The van der Waals surface area contributed by atoms with Crippen LogP contribution in [-0.2, 0) is 6.54 Å². The Morgan fingerprint density at radius 2 is 2.20 bits per heavy atom. The number of likely N-dealkylation sites (N-methyl/N-ethyl adjacent to an activating group) is 1. The van der Waals surface area contributed by atoms with E-state index < -0.39 is 6.10 Å². The molecule has 1 atom stereocenters. The van der Waals surface area contributed by atoms with Crippen LogP contribution in [0.5, 0.6) is 0 Å². The number of aryl methyl sites for hydroxylation is 2. The molecule has 1 fully saturated rings. The van der Waals surface area contributed by atoms with E-state index in [1.54, 1.807) is 17.9 Å². The predicted molar refractivity (Wildman–Crippen MR) is 94.4 cm³/mol. The van der Waals surface area contributed by atoms with Crippen molar-refractivity contribution in [1.82, 2.24) is 25.0 Å². The lowest BCUT2D eigenvalue weighted by Crippen LogP contribution is -2.41. The Balaban J connectivity index is 1.52. The van der Waals surface area contributed by atoms with Gasteiger partial charge in [-0.15, -0.1) is 0 Å². The Morgan fingerprint density at radius 3 is 2.76 bits per heavy atom. The third-order valence-electron chi connectivity index (χ3n) is 4.45. The molecule has 1 unspecified atom stereocenters. The van der Waals surface area contributed by atoms with Crippen molar-refractivity contribution in [2.24, 2.45) is 5.92 Å². The van der Waals surface area contributed by atoms with Gasteiger partial charge in [-0.05, 0) is 50.3 Å². The third-order valence-corrected chi connectivity index (χ3v) is 4.45. The molecule has 0 bridgehead atoms. The number of rotatable bonds is 6. The second-order valence-electron chi connectivity index (χ2n) is 6.81. The van der Waals surface area contributed by atoms with E-state index in [1.807, 2.05) is 32.0 Å². The van der Waals surface area contributed by atoms with E-state index >= 15 is 0 Å². The van der Waals surface area contributed by atoms with Crippen molar-refractivity contribution in [3.63, 3.8) is 0 Å². The van der Waals surface area contributed by atoms with Crippen LogP contribution in [0.25, 0.3) is 5.82 Å². The van der Waals surface area contributed by atoms with Crippen molar-refractivity contribution in [2.45, 2.75) is 39.3 Å². The van der Waals surface area contributed by atoms with Crippen molar-refractivity contribution in [3.8, 4) is 5.82 Å². The van der Waals surface area contributed by atoms with Gasteiger partial charge in [0.25, 0.3) is 0 Å². The zero-order valence-corrected chi connectivity index (χ0v) is 14.9. The number of carbonyl (C=O) groups is 1. The summed E-state index contributed by atoms with van der Waals surface area (Å²) in [6, 6.07) is 5.63. The summed E-state index contributed by atoms with van der Waals surface area (Å²) in [5.74, 6) is 1.12. The minimum atomic E-state index is -0.419. The number of pyridine rings is 1. The van der Waals surface area contributed by atoms with Crippen LogP contribution in [0.3, 0.4) is 0 Å². The molecule has 0 aliphatic heterocycles. The maximum atomic E-state index is 12.1. The van der Waals surface area contributed by atoms with Crippen molar-refractivity contribution >= 4 is 6.03 Å². The van der Waals surface area contributed by atoms with Crippen LogP contribution < -0.4 is 5.32 Å². The smallest absolute Gasteiger partial charge is 0.317 e. The minimum Gasteiger partial charge on any atom is -0.391 e. The Bertz CT molecular complexity index is 736. The van der Waals surface area contributed by atoms with Gasteiger partial charge in [0.15, 0.2) is 5.82 Å². The molecule has 134 valence electrons. The summed E-state index contributed by atoms with van der Waals surface area (Å²) >= 11 is 0. The van der Waals surface area contributed by atoms with Crippen LogP contribution in [0.1, 0.15) is 29.8 Å². The highest BCUT2D eigenvalue weighted by Gasteiger charge is 2.31. The van der Waals surface area contributed by atoms with Crippen molar-refractivity contribution in [1.29, 1.82) is 0 Å². The molecule has 2 heterocycles. The first-order valence-corrected chi connectivity index (χ1v) is 8.59. The van der Waals surface area contributed by atoms with E-state index in [-0.39, 0.29) is 6.03 Å². The molecule has 1 saturated carbocycles. The molecule has 2 amide bonds. The average Bonchev–Trinajstić information content (AvgIpc) is 3.38. The van der Waals surface area contributed by atoms with Crippen molar-refractivity contribution in [2.75, 3.05) is 13.6 Å². The number of hydrogen-bond donors (Lipinski definition) is 2. The average molecular weight is 343 g/mol. The summed E-state index contributed by atoms with van der Waals surface area (Å²) in [7, 11) is 1.70. The van der Waals surface area contributed by atoms with Gasteiger partial charge in [-0.2, -0.15) is 5.10 Å². The van der Waals surface area contributed by atoms with Gasteiger partial charge in [-0.25, -0.2) is 14.5 Å². The molecule has 7 nitrogen and oxygen atoms in total. The van der Waals surface area contributed by atoms with Crippen molar-refractivity contribution in [3.05, 3.63) is 41.3 Å². The quantitative estimate of drug-likeness (QED) is 0.838. The molecule has 2 aromatic heterocycles. The molecule has 0 saturated heterocycles. The van der Waals surface area contributed by atoms with E-state index in [0.29, 0.717) is 19.0 Å². The Kier molecular flexibility index (Phi) is 5.03. The Hall–Kier alpha value is -2.41. The predicted octanol–water partition coefficient (Wildman–Crippen LogP) is 1.80. The van der Waals surface area contributed by atoms with E-state index in [4.69, 9.17) is 0 Å². The van der Waals surface area contributed by atoms with E-state index in [0.717, 1.165) is 35.6 Å². The first-order chi connectivity index (χ1) is 11.9. The van der Waals surface area contributed by atoms with Crippen LogP contribution >= 0.6 is 0 Å². The molecule has 1 aliphatic carbocycles. The minimum absolute atomic E-state index is 0.192. The number of carbonyl (C=O) groups excluding carboxylic acids is 1. The van der Waals surface area contributed by atoms with Crippen LogP contribution in [0.2, 0.25) is 0 Å². The van der Waals surface area contributed by atoms with Crippen LogP contribution in [-0.4, -0.2) is 50.5 Å². The van der Waals surface area contributed by atoms with Crippen LogP contribution in [0, 0.1) is 19.8 Å². The molecular formula is C18H25N5O2. The lowest BCUT2D eigenvalue weighted by Gasteiger charge is -2.21. The van der Waals surface area contributed by atoms with Gasteiger partial charge >= 0.3 is 6.03 Å². The number of urea groups is 1. The maximum Gasteiger partial charge on any atom is 0.317 e. The topological polar surface area (TPSA) is 83.3 Å². The zero-order valence-electron chi connectivity index (χ0n) is 14.9. The monoisotopic (exact) mass is 343 g/mol. The van der Waals surface area contributed by atoms with Crippen LogP contribution in [0.4, 0.5) is 4.79 Å². The van der Waals surface area contributed by atoms with E-state index in [2.05, 4.69) is 15.4 Å². The largest absolute Gasteiger partial charge is 0.391 e. The summed E-state index contributed by atoms with van der Waals surface area (Å²) in [6.07, 6.45) is 3.44. The highest BCUT2D eigenvalue weighted by molar-refractivity contribution is 5.73. The second-order valence-corrected chi connectivity index (χ2v) is 6.81. The van der Waals surface area contributed by atoms with Gasteiger partial charge < -0.3 is 15.3 Å². The van der Waals surface area contributed by atoms with Gasteiger partial charge in [0, 0.05) is 32.0 Å². The SMILES string of the molecule is Cc1cc(C)n(-c2ccc(CNC(=O)N(C)CC(O)C3CC3)cn2)n1. The number of aromatic nitrogens is 3. The van der Waals surface area contributed by atoms with E-state index in [1.165, 1.54) is 4.90 Å². The summed E-state index contributed by atoms with van der Waals surface area (Å²) < 4.78 is 1.80. The van der Waals surface area contributed by atoms with Crippen molar-refractivity contribution < 1.29 is 9.90 Å². The molecule has 3 rings (SSSR count). The number of aliphatic hydroxyl groups is 1. The number of amides is 2. The number of nitrogens with zero attached hydrogens (tertiary/aromatic N) is 4. The normalized spacial score (nSPS) is 15.0. The van der Waals surface area contributed by atoms with Crippen LogP contribution in [0.15, 0.2) is 24.4 Å². The first-order valence-electron chi connectivity index (χ1n) is 8.59. The third kappa shape index (κ3) is 4.36. The first kappa shape index (κ1) is 17.4. The van der Waals surface area contributed by atoms with Gasteiger partial charge in [-0.1, -0.05) is 6.07 Å². The number of hydrogen-bond acceptors (Lipinski definition) is 4. The van der Waals surface area contributed by atoms with Gasteiger partial charge in [0.2, 0.25) is 0 Å². The summed E-state index contributed by atoms with van der Waals surface area (Å²) in [6.45, 7) is 4.70. The molecule has 1 aliphatic rings. The van der Waals surface area contributed by atoms with Gasteiger partial charge in [-0.3, -0.25) is 0 Å². The van der Waals surface area contributed by atoms with Gasteiger partial charge in [0.1, 0.15) is 0 Å². The second kappa shape index (κ2) is 7.23. The van der Waals surface area contributed by atoms with Gasteiger partial charge in [0.05, 0.1) is 11.8 Å². The van der Waals surface area contributed by atoms with E-state index in [9.17, 15) is 9.90 Å². The standard InChI is InChI=1S/C18H25N5O2/c1-12-8-13(2)23(21-12)17-7-4-14(9-19-17)10-20-18(25)22(3)11-16(24)15-5-6-15/h4,7-9,15-16,24H,5-6,10-11H2,1-3H3,(H,20,25). The number of nitrogens with one attached hydrogen (secondary N) is 1. The Morgan fingerprint density at radius 1 is 1.44 bits per heavy atom. The molecule has 0 radical (unpaired) electrons. The zero-order chi connectivity index (χ0) is 18.0. The maximum absolute atomic E-state index is 12.1. The fourth-order valence-electron chi connectivity index (χ4n) is 2.81. The summed E-state index contributed by atoms with van der Waals surface area (Å²) in [5.41, 5.74) is 2.89. The highest BCUT2D eigenvalue weighted by atomic mass is 16.3. The summed E-state index contributed by atoms with van der Waals surface area (Å²) in [5, 5.41) is 17.2. The molecule has 2 aromatic rings. The summed E-state index contributed by atoms with van der Waals surface area (Å²) in [4.78, 5) is 18.0. The molecule has 0 aromatic carbocycles. The lowest BCUT2D eigenvalue weighted by atomic mass is 10.2.